The van der Waals surface area contributed by atoms with E-state index >= 15 is 0 Å². The van der Waals surface area contributed by atoms with Crippen LogP contribution in [0.4, 0.5) is 0 Å². The molecule has 3 nitrogen and oxygen atoms in total. The van der Waals surface area contributed by atoms with Crippen LogP contribution in [0.1, 0.15) is 44.7 Å². The van der Waals surface area contributed by atoms with Crippen LogP contribution in [-0.2, 0) is 14.9 Å². The van der Waals surface area contributed by atoms with E-state index in [0.717, 1.165) is 18.4 Å². The van der Waals surface area contributed by atoms with Gasteiger partial charge < -0.3 is 4.74 Å². The van der Waals surface area contributed by atoms with Crippen molar-refractivity contribution in [3.05, 3.63) is 35.4 Å². The van der Waals surface area contributed by atoms with Crippen molar-refractivity contribution >= 4 is 34.4 Å². The molecule has 0 heterocycles. The molecule has 1 atom stereocenters. The van der Waals surface area contributed by atoms with E-state index in [2.05, 4.69) is 32.9 Å². The summed E-state index contributed by atoms with van der Waals surface area (Å²) in [5.41, 5.74) is 2.19. The second kappa shape index (κ2) is 6.25. The molecule has 0 spiro atoms. The largest absolute Gasteiger partial charge is 0.468 e. The van der Waals surface area contributed by atoms with E-state index in [4.69, 9.17) is 21.7 Å². The first-order chi connectivity index (χ1) is 10.2. The molecular weight excluding hydrogens is 318 g/mol. The molecule has 1 aromatic carbocycles. The smallest absolute Gasteiger partial charge is 0.325 e. The summed E-state index contributed by atoms with van der Waals surface area (Å²) in [6, 6.07) is 8.05. The van der Waals surface area contributed by atoms with Gasteiger partial charge in [0.15, 0.2) is 0 Å². The van der Waals surface area contributed by atoms with Crippen LogP contribution >= 0.6 is 23.4 Å². The van der Waals surface area contributed by atoms with Crippen molar-refractivity contribution in [3.63, 3.8) is 0 Å². The van der Waals surface area contributed by atoms with E-state index in [1.807, 2.05) is 12.1 Å². The molecule has 0 aromatic heterocycles. The lowest BCUT2D eigenvalue weighted by molar-refractivity contribution is -0.140. The van der Waals surface area contributed by atoms with Crippen LogP contribution in [0.2, 0.25) is 0 Å². The number of thioether (sulfide) groups is 1. The molecule has 1 N–H and O–H groups in total. The Morgan fingerprint density at radius 2 is 1.86 bits per heavy atom. The highest BCUT2D eigenvalue weighted by Gasteiger charge is 2.54. The minimum atomic E-state index is -0.698. The number of hydrogen-bond donors (Lipinski definition) is 1. The summed E-state index contributed by atoms with van der Waals surface area (Å²) in [6.45, 7) is 6.49. The second-order valence-electron chi connectivity index (χ2n) is 6.71. The van der Waals surface area contributed by atoms with E-state index in [0.29, 0.717) is 5.04 Å². The monoisotopic (exact) mass is 339 g/mol. The molecule has 1 aliphatic carbocycles. The topological polar surface area (TPSA) is 50.2 Å². The van der Waals surface area contributed by atoms with E-state index in [9.17, 15) is 4.79 Å². The number of carbonyl (C=O) groups excluding carboxylic acids is 1. The summed E-state index contributed by atoms with van der Waals surface area (Å²) < 4.78 is 4.34. The zero-order valence-electron chi connectivity index (χ0n) is 13.4. The molecule has 1 fully saturated rings. The standard InChI is InChI=1S/C17H22ClNO2S/c1-16(2,3)12-7-5-11(6-8-12)14(19)22-17(9-10-17)13(18)15(20)21-4/h5-8,13,19H,9-10H2,1-4H3. The van der Waals surface area contributed by atoms with E-state index in [1.165, 1.54) is 24.4 Å². The molecule has 22 heavy (non-hydrogen) atoms. The molecule has 0 radical (unpaired) electrons. The minimum absolute atomic E-state index is 0.0949. The number of carbonyl (C=O) groups is 1. The number of ether oxygens (including phenoxy) is 1. The summed E-state index contributed by atoms with van der Waals surface area (Å²) in [7, 11) is 1.34. The number of nitrogens with one attached hydrogen (secondary N) is 1. The molecular formula is C17H22ClNO2S. The molecule has 120 valence electrons. The Labute approximate surface area is 141 Å². The van der Waals surface area contributed by atoms with Crippen molar-refractivity contribution in [1.29, 1.82) is 5.41 Å². The summed E-state index contributed by atoms with van der Waals surface area (Å²) in [6.07, 6.45) is 1.67. The van der Waals surface area contributed by atoms with Crippen LogP contribution < -0.4 is 0 Å². The van der Waals surface area contributed by atoms with Gasteiger partial charge in [-0.15, -0.1) is 11.6 Å². The Morgan fingerprint density at radius 1 is 1.32 bits per heavy atom. The quantitative estimate of drug-likeness (QED) is 0.384. The van der Waals surface area contributed by atoms with Gasteiger partial charge in [-0.3, -0.25) is 10.2 Å². The number of benzene rings is 1. The first kappa shape index (κ1) is 17.4. The lowest BCUT2D eigenvalue weighted by atomic mass is 9.87. The van der Waals surface area contributed by atoms with Gasteiger partial charge >= 0.3 is 5.97 Å². The van der Waals surface area contributed by atoms with Crippen molar-refractivity contribution < 1.29 is 9.53 Å². The third-order valence-corrected chi connectivity index (χ3v) is 6.15. The lowest BCUT2D eigenvalue weighted by Gasteiger charge is -2.21. The summed E-state index contributed by atoms with van der Waals surface area (Å²) >= 11 is 7.59. The number of esters is 1. The first-order valence-corrected chi connectivity index (χ1v) is 8.55. The molecule has 0 aliphatic heterocycles. The van der Waals surface area contributed by atoms with E-state index < -0.39 is 11.3 Å². The van der Waals surface area contributed by atoms with Crippen molar-refractivity contribution in [2.75, 3.05) is 7.11 Å². The van der Waals surface area contributed by atoms with Crippen LogP contribution in [0.5, 0.6) is 0 Å². The average molecular weight is 340 g/mol. The van der Waals surface area contributed by atoms with Gasteiger partial charge in [-0.25, -0.2) is 0 Å². The van der Waals surface area contributed by atoms with Crippen LogP contribution in [-0.4, -0.2) is 28.2 Å². The highest BCUT2D eigenvalue weighted by atomic mass is 35.5. The number of methoxy groups -OCH3 is 1. The third-order valence-electron chi connectivity index (χ3n) is 3.93. The van der Waals surface area contributed by atoms with Crippen molar-refractivity contribution in [2.24, 2.45) is 0 Å². The Balaban J connectivity index is 2.08. The second-order valence-corrected chi connectivity index (χ2v) is 8.57. The molecule has 1 saturated carbocycles. The van der Waals surface area contributed by atoms with Gasteiger partial charge in [0.1, 0.15) is 5.38 Å². The average Bonchev–Trinajstić information content (AvgIpc) is 3.25. The predicted molar refractivity (Wildman–Crippen MR) is 93.2 cm³/mol. The van der Waals surface area contributed by atoms with Gasteiger partial charge in [0.2, 0.25) is 0 Å². The van der Waals surface area contributed by atoms with Crippen molar-refractivity contribution in [1.82, 2.24) is 0 Å². The predicted octanol–water partition coefficient (Wildman–Crippen LogP) is 4.36. The molecule has 0 saturated heterocycles. The summed E-state index contributed by atoms with van der Waals surface area (Å²) in [5, 5.41) is 8.05. The van der Waals surface area contributed by atoms with Crippen molar-refractivity contribution in [2.45, 2.75) is 49.2 Å². The SMILES string of the molecule is COC(=O)C(Cl)C1(SC(=N)c2ccc(C(C)(C)C)cc2)CC1. The van der Waals surface area contributed by atoms with Gasteiger partial charge in [-0.05, 0) is 23.8 Å². The molecule has 2 rings (SSSR count). The number of hydrogen-bond acceptors (Lipinski definition) is 4. The Morgan fingerprint density at radius 3 is 2.27 bits per heavy atom. The fraction of sp³-hybridized carbons (Fsp3) is 0.529. The zero-order valence-corrected chi connectivity index (χ0v) is 15.0. The van der Waals surface area contributed by atoms with E-state index in [-0.39, 0.29) is 10.2 Å². The lowest BCUT2D eigenvalue weighted by Crippen LogP contribution is -2.30. The maximum atomic E-state index is 11.6. The van der Waals surface area contributed by atoms with Gasteiger partial charge in [-0.1, -0.05) is 56.8 Å². The number of halogens is 1. The summed E-state index contributed by atoms with van der Waals surface area (Å²) in [5.74, 6) is -0.414. The zero-order chi connectivity index (χ0) is 16.5. The van der Waals surface area contributed by atoms with Crippen molar-refractivity contribution in [3.8, 4) is 0 Å². The molecule has 0 amide bonds. The highest BCUT2D eigenvalue weighted by Crippen LogP contribution is 2.54. The Bertz CT molecular complexity index is 573. The first-order valence-electron chi connectivity index (χ1n) is 7.30. The molecule has 1 aliphatic rings. The maximum absolute atomic E-state index is 11.6. The third kappa shape index (κ3) is 3.66. The normalized spacial score (nSPS) is 17.7. The fourth-order valence-corrected chi connectivity index (χ4v) is 3.84. The molecule has 1 unspecified atom stereocenters. The highest BCUT2D eigenvalue weighted by molar-refractivity contribution is 8.15. The van der Waals surface area contributed by atoms with Gasteiger partial charge in [-0.2, -0.15) is 0 Å². The fourth-order valence-electron chi connectivity index (χ4n) is 2.23. The maximum Gasteiger partial charge on any atom is 0.325 e. The summed E-state index contributed by atoms with van der Waals surface area (Å²) in [4.78, 5) is 11.6. The Kier molecular flexibility index (Phi) is 4.93. The van der Waals surface area contributed by atoms with Gasteiger partial charge in [0, 0.05) is 10.3 Å². The minimum Gasteiger partial charge on any atom is -0.468 e. The molecule has 0 bridgehead atoms. The van der Waals surface area contributed by atoms with Crippen LogP contribution in [0, 0.1) is 5.41 Å². The van der Waals surface area contributed by atoms with E-state index in [1.54, 1.807) is 0 Å². The van der Waals surface area contributed by atoms with Crippen LogP contribution in [0.3, 0.4) is 0 Å². The number of rotatable bonds is 4. The molecule has 1 aromatic rings. The Hall–Kier alpha value is -1.00. The molecule has 5 heteroatoms. The van der Waals surface area contributed by atoms with Crippen LogP contribution in [0.25, 0.3) is 0 Å². The van der Waals surface area contributed by atoms with Crippen LogP contribution in [0.15, 0.2) is 24.3 Å². The number of alkyl halides is 1. The van der Waals surface area contributed by atoms with Gasteiger partial charge in [0.25, 0.3) is 0 Å². The van der Waals surface area contributed by atoms with Gasteiger partial charge in [0.05, 0.1) is 12.2 Å².